The van der Waals surface area contributed by atoms with Crippen LogP contribution in [0, 0.1) is 12.7 Å². The molecule has 0 saturated heterocycles. The minimum absolute atomic E-state index is 0.0116. The maximum Gasteiger partial charge on any atom is 0.127 e. The second-order valence-electron chi connectivity index (χ2n) is 5.45. The number of hydrogen-bond donors (Lipinski definition) is 1. The normalized spacial score (nSPS) is 21.6. The van der Waals surface area contributed by atoms with Gasteiger partial charge in [-0.15, -0.1) is 0 Å². The van der Waals surface area contributed by atoms with Gasteiger partial charge < -0.3 is 5.32 Å². The lowest BCUT2D eigenvalue weighted by molar-refractivity contribution is 0.433. The molecule has 17 heavy (non-hydrogen) atoms. The van der Waals surface area contributed by atoms with Crippen LogP contribution in [0.4, 0.5) is 4.39 Å². The topological polar surface area (TPSA) is 12.0 Å². The van der Waals surface area contributed by atoms with Crippen molar-refractivity contribution in [1.29, 1.82) is 0 Å². The molecule has 0 radical (unpaired) electrons. The van der Waals surface area contributed by atoms with Gasteiger partial charge in [0.05, 0.1) is 0 Å². The summed E-state index contributed by atoms with van der Waals surface area (Å²) >= 11 is 6.23. The van der Waals surface area contributed by atoms with Crippen LogP contribution in [0.2, 0.25) is 5.02 Å². The summed E-state index contributed by atoms with van der Waals surface area (Å²) < 4.78 is 13.8. The van der Waals surface area contributed by atoms with Crippen molar-refractivity contribution in [2.45, 2.75) is 45.6 Å². The van der Waals surface area contributed by atoms with Crippen LogP contribution in [0.15, 0.2) is 6.07 Å². The first-order valence-corrected chi connectivity index (χ1v) is 6.48. The van der Waals surface area contributed by atoms with Gasteiger partial charge in [0.1, 0.15) is 5.82 Å². The molecule has 1 nitrogen and oxygen atoms in total. The molecule has 94 valence electrons. The average molecular weight is 256 g/mol. The summed E-state index contributed by atoms with van der Waals surface area (Å²) in [6, 6.07) is 1.67. The van der Waals surface area contributed by atoms with Crippen LogP contribution in [0.1, 0.15) is 49.9 Å². The van der Waals surface area contributed by atoms with Crippen molar-refractivity contribution in [3.8, 4) is 0 Å². The van der Waals surface area contributed by atoms with Crippen molar-refractivity contribution < 1.29 is 4.39 Å². The molecule has 0 saturated carbocycles. The fourth-order valence-corrected chi connectivity index (χ4v) is 3.45. The van der Waals surface area contributed by atoms with E-state index in [0.29, 0.717) is 5.02 Å². The maximum absolute atomic E-state index is 13.8. The van der Waals surface area contributed by atoms with E-state index in [0.717, 1.165) is 29.7 Å². The molecule has 0 spiro atoms. The number of fused-ring (bicyclic) bond motifs is 1. The van der Waals surface area contributed by atoms with Crippen molar-refractivity contribution in [3.63, 3.8) is 0 Å². The fraction of sp³-hybridized carbons (Fsp3) is 0.571. The molecule has 1 aliphatic rings. The Bertz CT molecular complexity index is 454. The van der Waals surface area contributed by atoms with Gasteiger partial charge in [-0.3, -0.25) is 0 Å². The molecule has 1 aromatic carbocycles. The van der Waals surface area contributed by atoms with Gasteiger partial charge in [0.2, 0.25) is 0 Å². The lowest BCUT2D eigenvalue weighted by Gasteiger charge is -2.20. The van der Waals surface area contributed by atoms with Gasteiger partial charge in [0.25, 0.3) is 0 Å². The highest BCUT2D eigenvalue weighted by molar-refractivity contribution is 6.31. The van der Waals surface area contributed by atoms with Crippen LogP contribution in [0.3, 0.4) is 0 Å². The van der Waals surface area contributed by atoms with Crippen LogP contribution in [0.5, 0.6) is 0 Å². The molecule has 2 rings (SSSR count). The molecule has 0 aliphatic heterocycles. The maximum atomic E-state index is 13.8. The van der Waals surface area contributed by atoms with E-state index in [1.807, 2.05) is 6.92 Å². The van der Waals surface area contributed by atoms with Crippen LogP contribution in [0.25, 0.3) is 0 Å². The van der Waals surface area contributed by atoms with E-state index in [1.165, 1.54) is 6.07 Å². The summed E-state index contributed by atoms with van der Waals surface area (Å²) in [5.41, 5.74) is 2.93. The molecule has 3 heteroatoms. The van der Waals surface area contributed by atoms with E-state index >= 15 is 0 Å². The highest BCUT2D eigenvalue weighted by Crippen LogP contribution is 2.49. The lowest BCUT2D eigenvalue weighted by Crippen LogP contribution is -2.21. The third-order valence-electron chi connectivity index (χ3n) is 3.71. The second kappa shape index (κ2) is 4.25. The summed E-state index contributed by atoms with van der Waals surface area (Å²) in [7, 11) is 0. The standard InChI is InChI=1S/C14H19ClFN/c1-5-17-11-7-14(3,4)13-9(15)6-10(16)8(2)12(11)13/h6,11,17H,5,7H2,1-4H3. The zero-order chi connectivity index (χ0) is 12.8. The largest absolute Gasteiger partial charge is 0.310 e. The lowest BCUT2D eigenvalue weighted by atomic mass is 9.86. The molecule has 0 bridgehead atoms. The molecule has 0 heterocycles. The first kappa shape index (κ1) is 12.8. The summed E-state index contributed by atoms with van der Waals surface area (Å²) in [6.45, 7) is 9.14. The van der Waals surface area contributed by atoms with Crippen LogP contribution in [-0.4, -0.2) is 6.54 Å². The number of rotatable bonds is 2. The van der Waals surface area contributed by atoms with E-state index in [2.05, 4.69) is 26.1 Å². The average Bonchev–Trinajstić information content (AvgIpc) is 2.47. The fourth-order valence-electron chi connectivity index (χ4n) is 2.99. The van der Waals surface area contributed by atoms with Crippen molar-refractivity contribution in [2.24, 2.45) is 0 Å². The van der Waals surface area contributed by atoms with Gasteiger partial charge in [-0.1, -0.05) is 32.4 Å². The number of hydrogen-bond acceptors (Lipinski definition) is 1. The molecule has 1 unspecified atom stereocenters. The van der Waals surface area contributed by atoms with Gasteiger partial charge in [0, 0.05) is 11.1 Å². The molecule has 1 N–H and O–H groups in total. The van der Waals surface area contributed by atoms with Crippen molar-refractivity contribution in [3.05, 3.63) is 33.6 Å². The molecule has 0 amide bonds. The molecule has 0 aromatic heterocycles. The molecule has 0 fully saturated rings. The van der Waals surface area contributed by atoms with Gasteiger partial charge in [-0.25, -0.2) is 4.39 Å². The SMILES string of the molecule is CCNC1CC(C)(C)c2c(Cl)cc(F)c(C)c21. The highest BCUT2D eigenvalue weighted by Gasteiger charge is 2.40. The van der Waals surface area contributed by atoms with Gasteiger partial charge in [-0.05, 0) is 48.1 Å². The Morgan fingerprint density at radius 1 is 1.53 bits per heavy atom. The number of halogens is 2. The van der Waals surface area contributed by atoms with E-state index in [1.54, 1.807) is 0 Å². The number of nitrogens with one attached hydrogen (secondary N) is 1. The Balaban J connectivity index is 2.65. The van der Waals surface area contributed by atoms with E-state index in [9.17, 15) is 4.39 Å². The highest BCUT2D eigenvalue weighted by atomic mass is 35.5. The van der Waals surface area contributed by atoms with Crippen molar-refractivity contribution in [2.75, 3.05) is 6.54 Å². The number of benzene rings is 1. The molecule has 1 atom stereocenters. The van der Waals surface area contributed by atoms with E-state index < -0.39 is 0 Å². The molecular weight excluding hydrogens is 237 g/mol. The quantitative estimate of drug-likeness (QED) is 0.838. The van der Waals surface area contributed by atoms with Crippen LogP contribution >= 0.6 is 11.6 Å². The van der Waals surface area contributed by atoms with E-state index in [4.69, 9.17) is 11.6 Å². The van der Waals surface area contributed by atoms with Crippen LogP contribution in [-0.2, 0) is 5.41 Å². The first-order chi connectivity index (χ1) is 7.88. The summed E-state index contributed by atoms with van der Waals surface area (Å²) in [6.07, 6.45) is 0.972. The Labute approximate surface area is 107 Å². The smallest absolute Gasteiger partial charge is 0.127 e. The first-order valence-electron chi connectivity index (χ1n) is 6.11. The van der Waals surface area contributed by atoms with Gasteiger partial charge in [-0.2, -0.15) is 0 Å². The summed E-state index contributed by atoms with van der Waals surface area (Å²) in [5.74, 6) is -0.200. The van der Waals surface area contributed by atoms with Crippen molar-refractivity contribution in [1.82, 2.24) is 5.32 Å². The monoisotopic (exact) mass is 255 g/mol. The Morgan fingerprint density at radius 3 is 2.76 bits per heavy atom. The molecular formula is C14H19ClFN. The summed E-state index contributed by atoms with van der Waals surface area (Å²) in [5, 5.41) is 3.99. The minimum Gasteiger partial charge on any atom is -0.310 e. The van der Waals surface area contributed by atoms with E-state index in [-0.39, 0.29) is 17.3 Å². The zero-order valence-corrected chi connectivity index (χ0v) is 11.6. The van der Waals surface area contributed by atoms with Gasteiger partial charge >= 0.3 is 0 Å². The zero-order valence-electron chi connectivity index (χ0n) is 10.8. The third-order valence-corrected chi connectivity index (χ3v) is 4.01. The molecule has 1 aliphatic carbocycles. The Hall–Kier alpha value is -0.600. The predicted molar refractivity (Wildman–Crippen MR) is 70.2 cm³/mol. The Kier molecular flexibility index (Phi) is 3.21. The molecule has 1 aromatic rings. The minimum atomic E-state index is -0.200. The van der Waals surface area contributed by atoms with Gasteiger partial charge in [0.15, 0.2) is 0 Å². The second-order valence-corrected chi connectivity index (χ2v) is 5.86. The van der Waals surface area contributed by atoms with Crippen LogP contribution < -0.4 is 5.32 Å². The Morgan fingerprint density at radius 2 is 2.18 bits per heavy atom. The third kappa shape index (κ3) is 1.98. The van der Waals surface area contributed by atoms with Crippen molar-refractivity contribution >= 4 is 11.6 Å². The summed E-state index contributed by atoms with van der Waals surface area (Å²) in [4.78, 5) is 0. The predicted octanol–water partition coefficient (Wildman–Crippen LogP) is 4.12.